The van der Waals surface area contributed by atoms with E-state index in [9.17, 15) is 19.1 Å². The summed E-state index contributed by atoms with van der Waals surface area (Å²) in [6.07, 6.45) is 0. The molecular weight excluding hydrogens is 337 g/mol. The number of rotatable bonds is 5. The molecule has 7 heteroatoms. The summed E-state index contributed by atoms with van der Waals surface area (Å²) in [4.78, 5) is 25.5. The molecule has 0 atom stereocenters. The molecule has 0 heterocycles. The normalized spacial score (nSPS) is 10.3. The third kappa shape index (κ3) is 4.23. The van der Waals surface area contributed by atoms with Gasteiger partial charge in [-0.25, -0.2) is 9.18 Å². The van der Waals surface area contributed by atoms with Gasteiger partial charge in [-0.15, -0.1) is 0 Å². The van der Waals surface area contributed by atoms with Crippen molar-refractivity contribution in [3.05, 3.63) is 58.9 Å². The minimum atomic E-state index is -0.862. The van der Waals surface area contributed by atoms with Crippen LogP contribution in [-0.4, -0.2) is 30.1 Å². The molecule has 1 N–H and O–H groups in total. The summed E-state index contributed by atoms with van der Waals surface area (Å²) < 4.78 is 17.9. The first-order valence-corrected chi connectivity index (χ1v) is 7.51. The largest absolute Gasteiger partial charge is 0.507 e. The molecule has 0 spiro atoms. The zero-order valence-electron chi connectivity index (χ0n) is 12.8. The Bertz CT molecular complexity index is 749. The summed E-state index contributed by atoms with van der Waals surface area (Å²) in [7, 11) is 0. The van der Waals surface area contributed by atoms with Crippen molar-refractivity contribution >= 4 is 29.2 Å². The molecule has 5 nitrogen and oxygen atoms in total. The number of halogens is 2. The fourth-order valence-corrected chi connectivity index (χ4v) is 2.25. The van der Waals surface area contributed by atoms with Crippen molar-refractivity contribution in [2.75, 3.05) is 18.1 Å². The van der Waals surface area contributed by atoms with Crippen molar-refractivity contribution in [1.82, 2.24) is 0 Å². The van der Waals surface area contributed by atoms with E-state index in [4.69, 9.17) is 16.3 Å². The summed E-state index contributed by atoms with van der Waals surface area (Å²) in [5.74, 6) is -2.04. The SMILES string of the molecule is CCN(C(=O)COC(=O)c1cc(Cl)ccc1O)c1ccc(F)cc1. The van der Waals surface area contributed by atoms with Crippen LogP contribution in [0.2, 0.25) is 5.02 Å². The van der Waals surface area contributed by atoms with Gasteiger partial charge in [0.2, 0.25) is 0 Å². The van der Waals surface area contributed by atoms with Gasteiger partial charge < -0.3 is 14.7 Å². The lowest BCUT2D eigenvalue weighted by Crippen LogP contribution is -2.34. The van der Waals surface area contributed by atoms with Crippen LogP contribution in [0.15, 0.2) is 42.5 Å². The van der Waals surface area contributed by atoms with Crippen LogP contribution in [0.4, 0.5) is 10.1 Å². The molecule has 2 aromatic carbocycles. The summed E-state index contributed by atoms with van der Waals surface area (Å²) in [6.45, 7) is 1.55. The molecule has 0 saturated carbocycles. The average Bonchev–Trinajstić information content (AvgIpc) is 2.57. The Morgan fingerprint density at radius 2 is 1.88 bits per heavy atom. The fourth-order valence-electron chi connectivity index (χ4n) is 2.08. The molecule has 0 aliphatic rings. The summed E-state index contributed by atoms with van der Waals surface area (Å²) >= 11 is 5.76. The van der Waals surface area contributed by atoms with Crippen molar-refractivity contribution in [3.63, 3.8) is 0 Å². The van der Waals surface area contributed by atoms with Crippen LogP contribution in [0.5, 0.6) is 5.75 Å². The highest BCUT2D eigenvalue weighted by Gasteiger charge is 2.19. The molecule has 1 amide bonds. The second kappa shape index (κ2) is 7.79. The van der Waals surface area contributed by atoms with Gasteiger partial charge in [0, 0.05) is 17.3 Å². The highest BCUT2D eigenvalue weighted by atomic mass is 35.5. The van der Waals surface area contributed by atoms with Gasteiger partial charge in [0.05, 0.1) is 0 Å². The number of carbonyl (C=O) groups is 2. The lowest BCUT2D eigenvalue weighted by Gasteiger charge is -2.20. The number of nitrogens with zero attached hydrogens (tertiary/aromatic N) is 1. The van der Waals surface area contributed by atoms with Gasteiger partial charge in [0.15, 0.2) is 6.61 Å². The molecule has 0 unspecified atom stereocenters. The molecule has 0 saturated heterocycles. The summed E-state index contributed by atoms with van der Waals surface area (Å²) in [6, 6.07) is 9.33. The topological polar surface area (TPSA) is 66.8 Å². The quantitative estimate of drug-likeness (QED) is 0.838. The average molecular weight is 352 g/mol. The van der Waals surface area contributed by atoms with Gasteiger partial charge >= 0.3 is 5.97 Å². The molecule has 0 aliphatic heterocycles. The highest BCUT2D eigenvalue weighted by Crippen LogP contribution is 2.22. The monoisotopic (exact) mass is 351 g/mol. The molecule has 0 radical (unpaired) electrons. The van der Waals surface area contributed by atoms with Crippen LogP contribution in [0.1, 0.15) is 17.3 Å². The first-order valence-electron chi connectivity index (χ1n) is 7.14. The molecule has 0 bridgehead atoms. The zero-order valence-corrected chi connectivity index (χ0v) is 13.6. The maximum absolute atomic E-state index is 13.0. The lowest BCUT2D eigenvalue weighted by molar-refractivity contribution is -0.121. The van der Waals surface area contributed by atoms with E-state index in [1.54, 1.807) is 6.92 Å². The van der Waals surface area contributed by atoms with E-state index >= 15 is 0 Å². The number of hydrogen-bond acceptors (Lipinski definition) is 4. The number of phenolic OH excluding ortho intramolecular Hbond substituents is 1. The van der Waals surface area contributed by atoms with Crippen LogP contribution < -0.4 is 4.90 Å². The minimum Gasteiger partial charge on any atom is -0.507 e. The van der Waals surface area contributed by atoms with Gasteiger partial charge in [0.25, 0.3) is 5.91 Å². The number of anilines is 1. The van der Waals surface area contributed by atoms with Crippen molar-refractivity contribution in [2.24, 2.45) is 0 Å². The lowest BCUT2D eigenvalue weighted by atomic mass is 10.2. The third-order valence-corrected chi connectivity index (χ3v) is 3.50. The maximum Gasteiger partial charge on any atom is 0.342 e. The first kappa shape index (κ1) is 17.7. The van der Waals surface area contributed by atoms with Gasteiger partial charge in [0.1, 0.15) is 17.1 Å². The Balaban J connectivity index is 2.04. The summed E-state index contributed by atoms with van der Waals surface area (Å²) in [5, 5.41) is 9.90. The summed E-state index contributed by atoms with van der Waals surface area (Å²) in [5.41, 5.74) is 0.366. The van der Waals surface area contributed by atoms with Crippen molar-refractivity contribution in [2.45, 2.75) is 6.92 Å². The number of benzene rings is 2. The van der Waals surface area contributed by atoms with Crippen LogP contribution in [0, 0.1) is 5.82 Å². The van der Waals surface area contributed by atoms with E-state index in [0.717, 1.165) is 0 Å². The Morgan fingerprint density at radius 3 is 2.50 bits per heavy atom. The molecule has 0 fully saturated rings. The second-order valence-corrected chi connectivity index (χ2v) is 5.29. The number of phenols is 1. The number of aromatic hydroxyl groups is 1. The van der Waals surface area contributed by atoms with Gasteiger partial charge in [-0.2, -0.15) is 0 Å². The van der Waals surface area contributed by atoms with Crippen LogP contribution in [0.25, 0.3) is 0 Å². The molecule has 24 heavy (non-hydrogen) atoms. The minimum absolute atomic E-state index is 0.125. The molecule has 0 aromatic heterocycles. The number of carbonyl (C=O) groups excluding carboxylic acids is 2. The number of esters is 1. The van der Waals surface area contributed by atoms with E-state index in [1.165, 1.54) is 47.4 Å². The molecule has 2 aromatic rings. The van der Waals surface area contributed by atoms with Crippen LogP contribution >= 0.6 is 11.6 Å². The number of hydrogen-bond donors (Lipinski definition) is 1. The van der Waals surface area contributed by atoms with E-state index < -0.39 is 24.3 Å². The molecule has 0 aliphatic carbocycles. The van der Waals surface area contributed by atoms with Gasteiger partial charge in [-0.1, -0.05) is 11.6 Å². The van der Waals surface area contributed by atoms with Crippen molar-refractivity contribution in [1.29, 1.82) is 0 Å². The molecular formula is C17H15ClFNO4. The first-order chi connectivity index (χ1) is 11.4. The number of likely N-dealkylation sites (N-methyl/N-ethyl adjacent to an activating group) is 1. The Labute approximate surface area is 143 Å². The van der Waals surface area contributed by atoms with Gasteiger partial charge in [-0.3, -0.25) is 4.79 Å². The molecule has 2 rings (SSSR count). The Kier molecular flexibility index (Phi) is 5.76. The standard InChI is InChI=1S/C17H15ClFNO4/c1-2-20(13-6-4-12(19)5-7-13)16(22)10-24-17(23)14-9-11(18)3-8-15(14)21/h3-9,21H,2,10H2,1H3. The fraction of sp³-hybridized carbons (Fsp3) is 0.176. The molecule has 126 valence electrons. The van der Waals surface area contributed by atoms with Crippen molar-refractivity contribution in [3.8, 4) is 5.75 Å². The Hall–Kier alpha value is -2.60. The van der Waals surface area contributed by atoms with Gasteiger partial charge in [-0.05, 0) is 49.4 Å². The highest BCUT2D eigenvalue weighted by molar-refractivity contribution is 6.31. The van der Waals surface area contributed by atoms with E-state index in [-0.39, 0.29) is 16.3 Å². The Morgan fingerprint density at radius 1 is 1.21 bits per heavy atom. The van der Waals surface area contributed by atoms with E-state index in [2.05, 4.69) is 0 Å². The van der Waals surface area contributed by atoms with E-state index in [1.807, 2.05) is 0 Å². The predicted octanol–water partition coefficient (Wildman–Crippen LogP) is 3.39. The van der Waals surface area contributed by atoms with Crippen LogP contribution in [0.3, 0.4) is 0 Å². The smallest absolute Gasteiger partial charge is 0.342 e. The number of ether oxygens (including phenoxy) is 1. The second-order valence-electron chi connectivity index (χ2n) is 4.85. The zero-order chi connectivity index (χ0) is 17.7. The van der Waals surface area contributed by atoms with Crippen molar-refractivity contribution < 1.29 is 23.8 Å². The maximum atomic E-state index is 13.0. The van der Waals surface area contributed by atoms with E-state index in [0.29, 0.717) is 12.2 Å². The third-order valence-electron chi connectivity index (χ3n) is 3.26. The number of amides is 1. The van der Waals surface area contributed by atoms with Crippen LogP contribution in [-0.2, 0) is 9.53 Å². The predicted molar refractivity (Wildman–Crippen MR) is 87.8 cm³/mol.